The van der Waals surface area contributed by atoms with Gasteiger partial charge in [-0.2, -0.15) is 0 Å². The number of nitrogens with zero attached hydrogens (tertiary/aromatic N) is 2. The van der Waals surface area contributed by atoms with Crippen molar-refractivity contribution < 1.29 is 10.0 Å². The van der Waals surface area contributed by atoms with Crippen LogP contribution in [0.25, 0.3) is 0 Å². The first kappa shape index (κ1) is 14.2. The molecule has 0 saturated heterocycles. The number of aromatic nitrogens is 1. The Morgan fingerprint density at radius 2 is 2.00 bits per heavy atom. The van der Waals surface area contributed by atoms with Crippen LogP contribution in [0.4, 0.5) is 5.13 Å². The highest BCUT2D eigenvalue weighted by Crippen LogP contribution is 2.19. The number of benzene rings is 1. The zero-order valence-corrected chi connectivity index (χ0v) is 12.3. The summed E-state index contributed by atoms with van der Waals surface area (Å²) in [6.45, 7) is 5.45. The van der Waals surface area contributed by atoms with E-state index in [9.17, 15) is 4.79 Å². The number of thiazole rings is 1. The molecule has 2 rings (SSSR count). The van der Waals surface area contributed by atoms with E-state index >= 15 is 0 Å². The molecule has 0 aliphatic carbocycles. The quantitative estimate of drug-likeness (QED) is 0.517. The molecule has 0 spiro atoms. The maximum Gasteiger partial charge on any atom is 0.257 e. The van der Waals surface area contributed by atoms with Crippen LogP contribution in [0.15, 0.2) is 28.7 Å². The first-order valence-electron chi connectivity index (χ1n) is 6.05. The van der Waals surface area contributed by atoms with Gasteiger partial charge in [-0.1, -0.05) is 23.4 Å². The topological polar surface area (TPSA) is 74.6 Å². The molecule has 0 aliphatic rings. The summed E-state index contributed by atoms with van der Waals surface area (Å²) in [5.41, 5.74) is 3.47. The Kier molecular flexibility index (Phi) is 4.14. The molecule has 0 unspecified atom stereocenters. The van der Waals surface area contributed by atoms with Crippen molar-refractivity contribution in [2.24, 2.45) is 5.16 Å². The Morgan fingerprint density at radius 3 is 2.60 bits per heavy atom. The summed E-state index contributed by atoms with van der Waals surface area (Å²) in [7, 11) is 0. The van der Waals surface area contributed by atoms with E-state index in [1.165, 1.54) is 11.3 Å². The smallest absolute Gasteiger partial charge is 0.257 e. The van der Waals surface area contributed by atoms with Gasteiger partial charge in [-0.05, 0) is 31.9 Å². The number of carbonyl (C=O) groups is 1. The lowest BCUT2D eigenvalue weighted by molar-refractivity contribution is 0.102. The molecule has 2 N–H and O–H groups in total. The van der Waals surface area contributed by atoms with Crippen molar-refractivity contribution in [2.75, 3.05) is 5.32 Å². The molecule has 1 aromatic carbocycles. The third kappa shape index (κ3) is 2.85. The third-order valence-corrected chi connectivity index (χ3v) is 3.71. The summed E-state index contributed by atoms with van der Waals surface area (Å²) in [5, 5.41) is 16.8. The third-order valence-electron chi connectivity index (χ3n) is 2.95. The number of nitrogens with one attached hydrogen (secondary N) is 1. The number of carbonyl (C=O) groups excluding carboxylic acids is 1. The monoisotopic (exact) mass is 289 g/mol. The molecule has 1 amide bonds. The predicted octanol–water partition coefficient (Wildman–Crippen LogP) is 3.21. The molecule has 0 aliphatic heterocycles. The zero-order chi connectivity index (χ0) is 14.7. The first-order valence-corrected chi connectivity index (χ1v) is 6.93. The maximum absolute atomic E-state index is 12.3. The number of anilines is 1. The van der Waals surface area contributed by atoms with Crippen molar-refractivity contribution in [3.8, 4) is 0 Å². The molecule has 104 valence electrons. The molecule has 0 bridgehead atoms. The number of oxime groups is 1. The maximum atomic E-state index is 12.3. The predicted molar refractivity (Wildman–Crippen MR) is 80.0 cm³/mol. The molecule has 2 aromatic rings. The van der Waals surface area contributed by atoms with Crippen molar-refractivity contribution in [1.29, 1.82) is 0 Å². The van der Waals surface area contributed by atoms with Crippen LogP contribution in [-0.4, -0.2) is 21.8 Å². The Hall–Kier alpha value is -2.21. The van der Waals surface area contributed by atoms with Gasteiger partial charge in [0.2, 0.25) is 0 Å². The highest BCUT2D eigenvalue weighted by molar-refractivity contribution is 7.14. The van der Waals surface area contributed by atoms with E-state index in [1.807, 2.05) is 32.0 Å². The second-order valence-electron chi connectivity index (χ2n) is 4.44. The molecule has 0 atom stereocenters. The number of hydrogen-bond acceptors (Lipinski definition) is 5. The molecule has 0 fully saturated rings. The largest absolute Gasteiger partial charge is 0.411 e. The Bertz CT molecular complexity index is 657. The highest BCUT2D eigenvalue weighted by Gasteiger charge is 2.14. The lowest BCUT2D eigenvalue weighted by Gasteiger charge is -2.08. The van der Waals surface area contributed by atoms with Gasteiger partial charge < -0.3 is 5.21 Å². The fraction of sp³-hybridized carbons (Fsp3) is 0.214. The van der Waals surface area contributed by atoms with Gasteiger partial charge in [-0.15, -0.1) is 11.3 Å². The van der Waals surface area contributed by atoms with Gasteiger partial charge in [-0.3, -0.25) is 10.1 Å². The van der Waals surface area contributed by atoms with Gasteiger partial charge in [0, 0.05) is 10.9 Å². The lowest BCUT2D eigenvalue weighted by atomic mass is 10.0. The van der Waals surface area contributed by atoms with Gasteiger partial charge >= 0.3 is 0 Å². The van der Waals surface area contributed by atoms with Gasteiger partial charge in [0.1, 0.15) is 11.4 Å². The summed E-state index contributed by atoms with van der Waals surface area (Å²) in [4.78, 5) is 16.5. The summed E-state index contributed by atoms with van der Waals surface area (Å²) in [5.74, 6) is -0.180. The van der Waals surface area contributed by atoms with Crippen molar-refractivity contribution in [3.63, 3.8) is 0 Å². The van der Waals surface area contributed by atoms with Gasteiger partial charge in [0.25, 0.3) is 5.91 Å². The number of rotatable bonds is 3. The van der Waals surface area contributed by atoms with Crippen molar-refractivity contribution in [1.82, 2.24) is 4.98 Å². The van der Waals surface area contributed by atoms with Gasteiger partial charge in [-0.25, -0.2) is 4.98 Å². The number of hydrogen-bond donors (Lipinski definition) is 2. The lowest BCUT2D eigenvalue weighted by Crippen LogP contribution is -2.15. The molecular formula is C14H15N3O2S. The molecule has 5 nitrogen and oxygen atoms in total. The second kappa shape index (κ2) is 5.83. The van der Waals surface area contributed by atoms with Crippen LogP contribution in [0.5, 0.6) is 0 Å². The average molecular weight is 289 g/mol. The van der Waals surface area contributed by atoms with Gasteiger partial charge in [0.05, 0.1) is 0 Å². The second-order valence-corrected chi connectivity index (χ2v) is 5.30. The van der Waals surface area contributed by atoms with E-state index in [2.05, 4.69) is 15.5 Å². The van der Waals surface area contributed by atoms with Crippen LogP contribution < -0.4 is 5.32 Å². The minimum Gasteiger partial charge on any atom is -0.411 e. The van der Waals surface area contributed by atoms with Gasteiger partial charge in [0.15, 0.2) is 5.13 Å². The van der Waals surface area contributed by atoms with Crippen LogP contribution >= 0.6 is 11.3 Å². The Labute approximate surface area is 121 Å². The number of aryl methyl sites for hydroxylation is 2. The summed E-state index contributed by atoms with van der Waals surface area (Å²) < 4.78 is 0. The van der Waals surface area contributed by atoms with Crippen LogP contribution in [0, 0.1) is 13.8 Å². The van der Waals surface area contributed by atoms with Crippen molar-refractivity contribution in [2.45, 2.75) is 20.8 Å². The van der Waals surface area contributed by atoms with E-state index < -0.39 is 0 Å². The SMILES string of the molecule is C/C(=N/O)c1csc(NC(=O)c2c(C)cccc2C)n1. The summed E-state index contributed by atoms with van der Waals surface area (Å²) in [6, 6.07) is 5.72. The molecule has 1 aromatic heterocycles. The minimum absolute atomic E-state index is 0.180. The molecule has 0 radical (unpaired) electrons. The van der Waals surface area contributed by atoms with E-state index in [-0.39, 0.29) is 5.91 Å². The van der Waals surface area contributed by atoms with Crippen LogP contribution in [0.1, 0.15) is 34.1 Å². The van der Waals surface area contributed by atoms with E-state index in [0.29, 0.717) is 22.1 Å². The summed E-state index contributed by atoms with van der Waals surface area (Å²) in [6.07, 6.45) is 0. The average Bonchev–Trinajstić information content (AvgIpc) is 2.86. The molecular weight excluding hydrogens is 274 g/mol. The highest BCUT2D eigenvalue weighted by atomic mass is 32.1. The summed E-state index contributed by atoms with van der Waals surface area (Å²) >= 11 is 1.29. The van der Waals surface area contributed by atoms with E-state index in [4.69, 9.17) is 5.21 Å². The first-order chi connectivity index (χ1) is 9.52. The van der Waals surface area contributed by atoms with Crippen LogP contribution in [0.3, 0.4) is 0 Å². The Balaban J connectivity index is 2.22. The normalized spacial score (nSPS) is 11.4. The molecule has 20 heavy (non-hydrogen) atoms. The molecule has 1 heterocycles. The zero-order valence-electron chi connectivity index (χ0n) is 11.5. The van der Waals surface area contributed by atoms with Crippen molar-refractivity contribution in [3.05, 3.63) is 46.0 Å². The van der Waals surface area contributed by atoms with Crippen LogP contribution in [0.2, 0.25) is 0 Å². The van der Waals surface area contributed by atoms with Crippen molar-refractivity contribution >= 4 is 28.1 Å². The van der Waals surface area contributed by atoms with E-state index in [0.717, 1.165) is 11.1 Å². The Morgan fingerprint density at radius 1 is 1.35 bits per heavy atom. The minimum atomic E-state index is -0.180. The van der Waals surface area contributed by atoms with E-state index in [1.54, 1.807) is 12.3 Å². The van der Waals surface area contributed by atoms with Crippen LogP contribution in [-0.2, 0) is 0 Å². The molecule has 0 saturated carbocycles. The standard InChI is InChI=1S/C14H15N3O2S/c1-8-5-4-6-9(2)12(8)13(18)16-14-15-11(7-20-14)10(3)17-19/h4-7,19H,1-3H3,(H,15,16,18)/b17-10-. The fourth-order valence-corrected chi connectivity index (χ4v) is 2.63. The molecule has 6 heteroatoms. The fourth-order valence-electron chi connectivity index (χ4n) is 1.88. The number of amides is 1.